The van der Waals surface area contributed by atoms with Gasteiger partial charge >= 0.3 is 0 Å². The van der Waals surface area contributed by atoms with Crippen LogP contribution in [0, 0.1) is 0 Å². The van der Waals surface area contributed by atoms with Crippen LogP contribution >= 0.6 is 11.3 Å². The second-order valence-electron chi connectivity index (χ2n) is 4.81. The van der Waals surface area contributed by atoms with Crippen LogP contribution < -0.4 is 15.8 Å². The maximum atomic E-state index is 11.9. The number of phenolic OH excluding ortho intramolecular Hbond substituents is 1. The Morgan fingerprint density at radius 3 is 2.81 bits per heavy atom. The van der Waals surface area contributed by atoms with Gasteiger partial charge in [-0.05, 0) is 36.1 Å². The molecular formula is C15H18N2O3S. The number of hydrogen-bond acceptors (Lipinski definition) is 5. The van der Waals surface area contributed by atoms with Crippen molar-refractivity contribution in [1.82, 2.24) is 5.32 Å². The zero-order valence-electron chi connectivity index (χ0n) is 11.9. The molecule has 0 aliphatic carbocycles. The third-order valence-corrected chi connectivity index (χ3v) is 4.32. The van der Waals surface area contributed by atoms with E-state index in [4.69, 9.17) is 10.5 Å². The van der Waals surface area contributed by atoms with E-state index < -0.39 is 11.4 Å². The number of methoxy groups -OCH3 is 1. The summed E-state index contributed by atoms with van der Waals surface area (Å²) in [5.74, 6) is -0.170. The molecule has 0 saturated carbocycles. The third kappa shape index (κ3) is 3.17. The van der Waals surface area contributed by atoms with Gasteiger partial charge in [0.2, 0.25) is 5.91 Å². The minimum atomic E-state index is -1.05. The molecule has 4 N–H and O–H groups in total. The molecule has 5 nitrogen and oxygen atoms in total. The lowest BCUT2D eigenvalue weighted by atomic mass is 9.90. The number of carbonyl (C=O) groups excluding carboxylic acids is 1. The number of aromatic hydroxyl groups is 1. The summed E-state index contributed by atoms with van der Waals surface area (Å²) in [6.45, 7) is 2.25. The zero-order chi connectivity index (χ0) is 15.5. The minimum Gasteiger partial charge on any atom is -0.504 e. The zero-order valence-corrected chi connectivity index (χ0v) is 12.7. The maximum absolute atomic E-state index is 11.9. The molecule has 1 heterocycles. The van der Waals surface area contributed by atoms with Crippen molar-refractivity contribution >= 4 is 17.2 Å². The second kappa shape index (κ2) is 6.15. The topological polar surface area (TPSA) is 84.6 Å². The molecule has 0 spiro atoms. The number of hydrogen-bond donors (Lipinski definition) is 3. The fraction of sp³-hybridized carbons (Fsp3) is 0.267. The Kier molecular flexibility index (Phi) is 4.50. The van der Waals surface area contributed by atoms with Crippen LogP contribution in [0.15, 0.2) is 35.7 Å². The Balaban J connectivity index is 2.30. The van der Waals surface area contributed by atoms with Gasteiger partial charge in [0.1, 0.15) is 5.54 Å². The molecule has 112 valence electrons. The van der Waals surface area contributed by atoms with Gasteiger partial charge in [-0.3, -0.25) is 10.1 Å². The van der Waals surface area contributed by atoms with Gasteiger partial charge in [-0.1, -0.05) is 12.1 Å². The molecule has 1 atom stereocenters. The van der Waals surface area contributed by atoms with Gasteiger partial charge in [-0.15, -0.1) is 11.3 Å². The highest BCUT2D eigenvalue weighted by Gasteiger charge is 2.33. The van der Waals surface area contributed by atoms with E-state index in [2.05, 4.69) is 5.32 Å². The molecule has 1 amide bonds. The lowest BCUT2D eigenvalue weighted by Gasteiger charge is -2.28. The minimum absolute atomic E-state index is 0.0197. The van der Waals surface area contributed by atoms with Crippen molar-refractivity contribution in [3.05, 3.63) is 46.2 Å². The molecule has 2 aromatic rings. The summed E-state index contributed by atoms with van der Waals surface area (Å²) in [5.41, 5.74) is 5.16. The number of rotatable bonds is 6. The SMILES string of the molecule is COc1cc(C(C)(NCc2cccs2)C(N)=O)ccc1O. The average Bonchev–Trinajstić information content (AvgIpc) is 2.98. The highest BCUT2D eigenvalue weighted by Crippen LogP contribution is 2.31. The van der Waals surface area contributed by atoms with Crippen LogP contribution in [0.2, 0.25) is 0 Å². The normalized spacial score (nSPS) is 13.6. The standard InChI is InChI=1S/C15H18N2O3S/c1-15(14(16)19,17-9-11-4-3-7-21-11)10-5-6-12(18)13(8-10)20-2/h3-8,17-18H,9H2,1-2H3,(H2,16,19). The lowest BCUT2D eigenvalue weighted by molar-refractivity contribution is -0.124. The number of nitrogens with one attached hydrogen (secondary N) is 1. The van der Waals surface area contributed by atoms with Crippen molar-refractivity contribution in [2.75, 3.05) is 7.11 Å². The number of thiophene rings is 1. The molecule has 1 aromatic carbocycles. The number of carbonyl (C=O) groups is 1. The first-order valence-electron chi connectivity index (χ1n) is 6.42. The van der Waals surface area contributed by atoms with Crippen molar-refractivity contribution in [3.8, 4) is 11.5 Å². The van der Waals surface area contributed by atoms with E-state index in [1.165, 1.54) is 13.2 Å². The summed E-state index contributed by atoms with van der Waals surface area (Å²) >= 11 is 1.60. The summed E-state index contributed by atoms with van der Waals surface area (Å²) in [7, 11) is 1.46. The number of ether oxygens (including phenoxy) is 1. The second-order valence-corrected chi connectivity index (χ2v) is 5.84. The van der Waals surface area contributed by atoms with Crippen molar-refractivity contribution in [1.29, 1.82) is 0 Å². The molecule has 21 heavy (non-hydrogen) atoms. The van der Waals surface area contributed by atoms with E-state index in [0.717, 1.165) is 4.88 Å². The molecule has 0 aliphatic rings. The molecular weight excluding hydrogens is 288 g/mol. The predicted molar refractivity (Wildman–Crippen MR) is 82.4 cm³/mol. The largest absolute Gasteiger partial charge is 0.504 e. The van der Waals surface area contributed by atoms with Crippen LogP contribution in [0.1, 0.15) is 17.4 Å². The Bertz CT molecular complexity index is 628. The first-order valence-corrected chi connectivity index (χ1v) is 7.30. The number of primary amides is 1. The van der Waals surface area contributed by atoms with Gasteiger partial charge in [-0.2, -0.15) is 0 Å². The predicted octanol–water partition coefficient (Wildman–Crippen LogP) is 1.95. The van der Waals surface area contributed by atoms with Crippen molar-refractivity contribution in [2.45, 2.75) is 19.0 Å². The molecule has 0 aliphatic heterocycles. The van der Waals surface area contributed by atoms with Crippen LogP contribution in [0.3, 0.4) is 0 Å². The number of nitrogens with two attached hydrogens (primary N) is 1. The molecule has 2 rings (SSSR count). The van der Waals surface area contributed by atoms with Gasteiger partial charge in [0.25, 0.3) is 0 Å². The molecule has 0 radical (unpaired) electrons. The van der Waals surface area contributed by atoms with E-state index in [9.17, 15) is 9.90 Å². The number of phenols is 1. The van der Waals surface area contributed by atoms with E-state index in [1.54, 1.807) is 30.4 Å². The summed E-state index contributed by atoms with van der Waals surface area (Å²) in [6.07, 6.45) is 0. The van der Waals surface area contributed by atoms with Gasteiger partial charge in [0.05, 0.1) is 7.11 Å². The summed E-state index contributed by atoms with van der Waals surface area (Å²) in [4.78, 5) is 13.0. The Labute approximate surface area is 127 Å². The third-order valence-electron chi connectivity index (χ3n) is 3.45. The van der Waals surface area contributed by atoms with Crippen molar-refractivity contribution < 1.29 is 14.6 Å². The Morgan fingerprint density at radius 2 is 2.24 bits per heavy atom. The first kappa shape index (κ1) is 15.3. The number of amides is 1. The van der Waals surface area contributed by atoms with Crippen LogP contribution in [0.4, 0.5) is 0 Å². The van der Waals surface area contributed by atoms with Crippen molar-refractivity contribution in [2.24, 2.45) is 5.73 Å². The Hall–Kier alpha value is -2.05. The van der Waals surface area contributed by atoms with E-state index in [-0.39, 0.29) is 5.75 Å². The van der Waals surface area contributed by atoms with Gasteiger partial charge in [-0.25, -0.2) is 0 Å². The van der Waals surface area contributed by atoms with Gasteiger partial charge in [0.15, 0.2) is 11.5 Å². The van der Waals surface area contributed by atoms with Crippen LogP contribution in [-0.4, -0.2) is 18.1 Å². The molecule has 0 bridgehead atoms. The molecule has 0 saturated heterocycles. The first-order chi connectivity index (χ1) is 9.97. The van der Waals surface area contributed by atoms with Crippen LogP contribution in [0.5, 0.6) is 11.5 Å². The van der Waals surface area contributed by atoms with Crippen molar-refractivity contribution in [3.63, 3.8) is 0 Å². The van der Waals surface area contributed by atoms with Gasteiger partial charge in [0, 0.05) is 11.4 Å². The summed E-state index contributed by atoms with van der Waals surface area (Å²) in [5, 5.41) is 14.8. The average molecular weight is 306 g/mol. The molecule has 0 fully saturated rings. The molecule has 1 aromatic heterocycles. The fourth-order valence-corrected chi connectivity index (χ4v) is 2.64. The maximum Gasteiger partial charge on any atom is 0.242 e. The monoisotopic (exact) mass is 306 g/mol. The summed E-state index contributed by atoms with van der Waals surface area (Å²) < 4.78 is 5.08. The van der Waals surface area contributed by atoms with E-state index in [1.807, 2.05) is 17.5 Å². The highest BCUT2D eigenvalue weighted by molar-refractivity contribution is 7.09. The van der Waals surface area contributed by atoms with Crippen LogP contribution in [0.25, 0.3) is 0 Å². The lowest BCUT2D eigenvalue weighted by Crippen LogP contribution is -2.49. The molecule has 6 heteroatoms. The van der Waals surface area contributed by atoms with Gasteiger partial charge < -0.3 is 15.6 Å². The van der Waals surface area contributed by atoms with E-state index in [0.29, 0.717) is 17.9 Å². The van der Waals surface area contributed by atoms with Crippen LogP contribution in [-0.2, 0) is 16.9 Å². The number of benzene rings is 1. The highest BCUT2D eigenvalue weighted by atomic mass is 32.1. The fourth-order valence-electron chi connectivity index (χ4n) is 2.00. The van der Waals surface area contributed by atoms with E-state index >= 15 is 0 Å². The smallest absolute Gasteiger partial charge is 0.242 e. The Morgan fingerprint density at radius 1 is 1.48 bits per heavy atom. The molecule has 1 unspecified atom stereocenters. The quantitative estimate of drug-likeness (QED) is 0.761. The summed E-state index contributed by atoms with van der Waals surface area (Å²) in [6, 6.07) is 8.69.